The summed E-state index contributed by atoms with van der Waals surface area (Å²) in [5.41, 5.74) is 4.92. The molecular weight excluding hydrogens is 156 g/mol. The molecule has 1 rings (SSSR count). The van der Waals surface area contributed by atoms with E-state index >= 15 is 0 Å². The molecule has 13 heavy (non-hydrogen) atoms. The van der Waals surface area contributed by atoms with Crippen LogP contribution in [0, 0.1) is 20.8 Å². The predicted octanol–water partition coefficient (Wildman–Crippen LogP) is 4.04. The molecule has 0 heteroatoms. The van der Waals surface area contributed by atoms with Gasteiger partial charge < -0.3 is 0 Å². The minimum atomic E-state index is -2.00. The Kier molecular flexibility index (Phi) is 1.87. The summed E-state index contributed by atoms with van der Waals surface area (Å²) in [4.78, 5) is 0. The van der Waals surface area contributed by atoms with Gasteiger partial charge in [-0.3, -0.25) is 0 Å². The van der Waals surface area contributed by atoms with Gasteiger partial charge in [0, 0.05) is 4.11 Å². The summed E-state index contributed by atoms with van der Waals surface area (Å²) in [6.45, 7) is 5.73. The molecule has 0 spiro atoms. The number of aryl methyl sites for hydroxylation is 3. The molecule has 0 aliphatic carbocycles. The fraction of sp³-hybridized carbons (Fsp3) is 0.385. The van der Waals surface area contributed by atoms with Gasteiger partial charge in [-0.15, -0.1) is 0 Å². The van der Waals surface area contributed by atoms with Crippen LogP contribution in [0.25, 0.3) is 6.08 Å². The number of rotatable bonds is 1. The maximum absolute atomic E-state index is 7.34. The van der Waals surface area contributed by atoms with Crippen molar-refractivity contribution in [1.82, 2.24) is 0 Å². The minimum absolute atomic E-state index is 0.433. The lowest BCUT2D eigenvalue weighted by molar-refractivity contribution is 1.29. The molecule has 0 fully saturated rings. The van der Waals surface area contributed by atoms with E-state index in [4.69, 9.17) is 4.11 Å². The first-order valence-corrected chi connectivity index (χ1v) is 4.48. The fourth-order valence-electron chi connectivity index (χ4n) is 1.64. The van der Waals surface area contributed by atoms with Gasteiger partial charge in [-0.05, 0) is 51.2 Å². The first-order chi connectivity index (χ1) is 7.21. The quantitative estimate of drug-likeness (QED) is 0.607. The van der Waals surface area contributed by atoms with E-state index in [1.54, 1.807) is 13.0 Å². The maximum Gasteiger partial charge on any atom is 0.0276 e. The zero-order valence-electron chi connectivity index (χ0n) is 11.7. The molecule has 0 aromatic heterocycles. The van der Waals surface area contributed by atoms with Gasteiger partial charge in [0.25, 0.3) is 0 Å². The van der Waals surface area contributed by atoms with Crippen molar-refractivity contribution in [3.8, 4) is 0 Å². The highest BCUT2D eigenvalue weighted by Crippen LogP contribution is 2.19. The third-order valence-electron chi connectivity index (χ3n) is 2.10. The number of hydrogen-bond donors (Lipinski definition) is 0. The Hall–Kier alpha value is -1.04. The van der Waals surface area contributed by atoms with Gasteiger partial charge in [0.05, 0.1) is 0 Å². The molecule has 0 N–H and O–H groups in total. The van der Waals surface area contributed by atoms with Crippen LogP contribution in [0.2, 0.25) is 0 Å². The second-order valence-corrected chi connectivity index (χ2v) is 3.64. The van der Waals surface area contributed by atoms with Crippen LogP contribution in [-0.4, -0.2) is 0 Å². The van der Waals surface area contributed by atoms with Crippen LogP contribution in [0.3, 0.4) is 0 Å². The zero-order chi connectivity index (χ0) is 12.5. The SMILES string of the molecule is [2H]C([2H])([2H])/C(C)=C/c1c(C)cc(C)cc1C. The van der Waals surface area contributed by atoms with Gasteiger partial charge in [0.1, 0.15) is 0 Å². The Morgan fingerprint density at radius 2 is 1.77 bits per heavy atom. The molecule has 0 unspecified atom stereocenters. The van der Waals surface area contributed by atoms with Gasteiger partial charge in [0.2, 0.25) is 0 Å². The highest BCUT2D eigenvalue weighted by Gasteiger charge is 1.99. The Balaban J connectivity index is 3.26. The molecule has 0 saturated carbocycles. The Morgan fingerprint density at radius 3 is 2.23 bits per heavy atom. The Labute approximate surface area is 85.5 Å². The standard InChI is InChI=1S/C13H18/c1-9(2)6-13-11(4)7-10(3)8-12(13)5/h6-8H,1-5H3/i1D3/b9-6-. The van der Waals surface area contributed by atoms with Crippen molar-refractivity contribution in [3.63, 3.8) is 0 Å². The lowest BCUT2D eigenvalue weighted by atomic mass is 9.98. The molecule has 0 amide bonds. The molecule has 0 nitrogen and oxygen atoms in total. The second kappa shape index (κ2) is 3.78. The predicted molar refractivity (Wildman–Crippen MR) is 60.0 cm³/mol. The van der Waals surface area contributed by atoms with Crippen molar-refractivity contribution < 1.29 is 4.11 Å². The van der Waals surface area contributed by atoms with Crippen LogP contribution < -0.4 is 0 Å². The summed E-state index contributed by atoms with van der Waals surface area (Å²) in [6.07, 6.45) is 1.77. The normalized spacial score (nSPS) is 16.3. The van der Waals surface area contributed by atoms with Crippen molar-refractivity contribution in [2.45, 2.75) is 34.5 Å². The van der Waals surface area contributed by atoms with Gasteiger partial charge in [-0.25, -0.2) is 0 Å². The summed E-state index contributed by atoms with van der Waals surface area (Å²) in [5, 5.41) is 0. The number of hydrogen-bond acceptors (Lipinski definition) is 0. The second-order valence-electron chi connectivity index (χ2n) is 3.64. The van der Waals surface area contributed by atoms with E-state index in [1.165, 1.54) is 5.56 Å². The summed E-state index contributed by atoms with van der Waals surface area (Å²) >= 11 is 0. The average Bonchev–Trinajstić information content (AvgIpc) is 2.08. The highest BCUT2D eigenvalue weighted by molar-refractivity contribution is 5.60. The molecule has 1 aromatic carbocycles. The Morgan fingerprint density at radius 1 is 1.23 bits per heavy atom. The van der Waals surface area contributed by atoms with Crippen LogP contribution in [0.5, 0.6) is 0 Å². The molecule has 0 saturated heterocycles. The highest BCUT2D eigenvalue weighted by atomic mass is 14.0. The average molecular weight is 177 g/mol. The minimum Gasteiger partial charge on any atom is -0.0758 e. The topological polar surface area (TPSA) is 0 Å². The number of benzene rings is 1. The molecule has 0 heterocycles. The van der Waals surface area contributed by atoms with E-state index in [2.05, 4.69) is 12.1 Å². The van der Waals surface area contributed by atoms with E-state index in [-0.39, 0.29) is 0 Å². The number of allylic oxidation sites excluding steroid dienone is 1. The lowest BCUT2D eigenvalue weighted by Crippen LogP contribution is -1.88. The summed E-state index contributed by atoms with van der Waals surface area (Å²) < 4.78 is 22.0. The van der Waals surface area contributed by atoms with E-state index in [0.29, 0.717) is 5.57 Å². The molecule has 1 aromatic rings. The van der Waals surface area contributed by atoms with E-state index < -0.39 is 6.85 Å². The van der Waals surface area contributed by atoms with Gasteiger partial charge in [-0.1, -0.05) is 29.3 Å². The van der Waals surface area contributed by atoms with Crippen LogP contribution in [0.15, 0.2) is 17.7 Å². The monoisotopic (exact) mass is 177 g/mol. The van der Waals surface area contributed by atoms with E-state index in [1.807, 2.05) is 20.8 Å². The van der Waals surface area contributed by atoms with Crippen LogP contribution >= 0.6 is 0 Å². The first-order valence-electron chi connectivity index (χ1n) is 5.98. The van der Waals surface area contributed by atoms with Crippen LogP contribution in [0.1, 0.15) is 40.1 Å². The van der Waals surface area contributed by atoms with E-state index in [0.717, 1.165) is 16.7 Å². The zero-order valence-corrected chi connectivity index (χ0v) is 8.73. The first kappa shape index (κ1) is 6.42. The molecule has 70 valence electrons. The fourth-order valence-corrected chi connectivity index (χ4v) is 1.64. The molecular formula is C13H18. The Bertz CT molecular complexity index is 402. The van der Waals surface area contributed by atoms with Crippen molar-refractivity contribution in [2.75, 3.05) is 0 Å². The van der Waals surface area contributed by atoms with Gasteiger partial charge in [-0.2, -0.15) is 0 Å². The van der Waals surface area contributed by atoms with Gasteiger partial charge >= 0.3 is 0 Å². The molecule has 0 bridgehead atoms. The summed E-state index contributed by atoms with van der Waals surface area (Å²) in [7, 11) is 0. The molecule has 0 aliphatic rings. The summed E-state index contributed by atoms with van der Waals surface area (Å²) in [6, 6.07) is 4.15. The van der Waals surface area contributed by atoms with Crippen LogP contribution in [-0.2, 0) is 0 Å². The molecule has 0 aliphatic heterocycles. The van der Waals surface area contributed by atoms with Crippen molar-refractivity contribution >= 4 is 6.08 Å². The van der Waals surface area contributed by atoms with Crippen molar-refractivity contribution in [3.05, 3.63) is 40.0 Å². The van der Waals surface area contributed by atoms with Crippen molar-refractivity contribution in [2.24, 2.45) is 0 Å². The maximum atomic E-state index is 7.34. The largest absolute Gasteiger partial charge is 0.0758 e. The third-order valence-corrected chi connectivity index (χ3v) is 2.10. The van der Waals surface area contributed by atoms with Crippen LogP contribution in [0.4, 0.5) is 0 Å². The lowest BCUT2D eigenvalue weighted by Gasteiger charge is -2.07. The molecule has 0 atom stereocenters. The van der Waals surface area contributed by atoms with Crippen molar-refractivity contribution in [1.29, 1.82) is 0 Å². The van der Waals surface area contributed by atoms with E-state index in [9.17, 15) is 0 Å². The van der Waals surface area contributed by atoms with Gasteiger partial charge in [0.15, 0.2) is 0 Å². The summed E-state index contributed by atoms with van der Waals surface area (Å²) in [5.74, 6) is 0. The smallest absolute Gasteiger partial charge is 0.0276 e. The molecule has 0 radical (unpaired) electrons. The third kappa shape index (κ3) is 2.45.